The van der Waals surface area contributed by atoms with E-state index in [0.29, 0.717) is 27.6 Å². The number of hydrogen-bond acceptors (Lipinski definition) is 16. The van der Waals surface area contributed by atoms with Crippen LogP contribution < -0.4 is 48.0 Å². The van der Waals surface area contributed by atoms with Gasteiger partial charge in [-0.15, -0.1) is 0 Å². The first-order chi connectivity index (χ1) is 36.4. The maximum atomic E-state index is 14.5. The molecule has 1 fully saturated rings. The third kappa shape index (κ3) is 15.6. The van der Waals surface area contributed by atoms with E-state index in [1.807, 2.05) is 0 Å². The second-order valence-corrected chi connectivity index (χ2v) is 19.7. The number of thiocarbonyl (C=S) groups is 1. The molecule has 2 aliphatic heterocycles. The number of primary amides is 2. The quantitative estimate of drug-likeness (QED) is 0.0175. The van der Waals surface area contributed by atoms with Crippen molar-refractivity contribution in [1.82, 2.24) is 31.5 Å². The van der Waals surface area contributed by atoms with Crippen LogP contribution in [0, 0.1) is 11.8 Å². The zero-order valence-electron chi connectivity index (χ0n) is 41.2. The summed E-state index contributed by atoms with van der Waals surface area (Å²) >= 11 is 4.83. The number of rotatable bonds is 24. The summed E-state index contributed by atoms with van der Waals surface area (Å²) in [4.78, 5) is 143. The van der Waals surface area contributed by atoms with Crippen molar-refractivity contribution in [1.29, 1.82) is 0 Å². The number of phosphoric ester groups is 1. The van der Waals surface area contributed by atoms with Crippen molar-refractivity contribution < 1.29 is 71.9 Å². The van der Waals surface area contributed by atoms with Crippen LogP contribution >= 0.6 is 20.0 Å². The SMILES string of the molecule is CC(C)C[C@H](NC(=O)CNC(=O)[C@H](CCC(N)=O)NC(=O)[C@H](Cc1ccc(OP(=O)(O)O)cc1)NC(=O)C1CN(C(=O)c2cc(N=C=S)ccc2-c2c3ccc(=O)cc-3oc3cc(O)ccc23)C1)C(=O)N[C@@H](CO)C(N)=O. The Labute approximate surface area is 443 Å². The van der Waals surface area contributed by atoms with E-state index in [0.717, 1.165) is 0 Å². The average molecular weight is 1100 g/mol. The number of likely N-dealkylation sites (tertiary alicyclic amines) is 1. The zero-order chi connectivity index (χ0) is 56.3. The highest BCUT2D eigenvalue weighted by Crippen LogP contribution is 2.43. The fourth-order valence-corrected chi connectivity index (χ4v) is 8.79. The number of isothiocyanates is 1. The molecule has 0 unspecified atom stereocenters. The number of fused-ring (bicyclic) bond motifs is 2. The van der Waals surface area contributed by atoms with Gasteiger partial charge in [-0.1, -0.05) is 32.0 Å². The Kier molecular flexibility index (Phi) is 19.1. The van der Waals surface area contributed by atoms with Crippen LogP contribution in [0.2, 0.25) is 0 Å². The molecule has 13 N–H and O–H groups in total. The molecule has 8 amide bonds. The number of aromatic hydroxyl groups is 1. The van der Waals surface area contributed by atoms with Gasteiger partial charge in [-0.2, -0.15) is 4.99 Å². The highest BCUT2D eigenvalue weighted by atomic mass is 32.1. The summed E-state index contributed by atoms with van der Waals surface area (Å²) in [6.07, 6.45) is -1.05. The summed E-state index contributed by atoms with van der Waals surface area (Å²) in [5.74, 6) is -8.05. The number of nitrogens with zero attached hydrogens (tertiary/aromatic N) is 2. The highest BCUT2D eigenvalue weighted by Gasteiger charge is 2.39. The van der Waals surface area contributed by atoms with E-state index in [-0.39, 0.29) is 77.8 Å². The van der Waals surface area contributed by atoms with Gasteiger partial charge in [0, 0.05) is 60.1 Å². The summed E-state index contributed by atoms with van der Waals surface area (Å²) in [6, 6.07) is 12.6. The monoisotopic (exact) mass is 1100 g/mol. The number of carbonyl (C=O) groups excluding carboxylic acids is 8. The molecule has 1 aliphatic carbocycles. The second-order valence-electron chi connectivity index (χ2n) is 18.3. The molecule has 3 aromatic carbocycles. The number of phenolic OH excluding ortho intramolecular Hbond substituents is 1. The molecule has 0 spiro atoms. The number of aliphatic imine (C=N–C) groups is 1. The topological polar surface area (TPSA) is 402 Å². The normalized spacial score (nSPS) is 14.0. The largest absolute Gasteiger partial charge is 0.524 e. The van der Waals surface area contributed by atoms with Crippen molar-refractivity contribution >= 4 is 89.1 Å². The van der Waals surface area contributed by atoms with Crippen molar-refractivity contribution in [2.24, 2.45) is 28.3 Å². The number of hydrogen-bond donors (Lipinski definition) is 11. The first-order valence-corrected chi connectivity index (χ1v) is 25.6. The van der Waals surface area contributed by atoms with Gasteiger partial charge in [-0.3, -0.25) is 52.9 Å². The maximum absolute atomic E-state index is 14.5. The molecule has 3 aliphatic rings. The number of aliphatic hydroxyl groups excluding tert-OH is 1. The number of aliphatic hydroxyl groups is 1. The lowest BCUT2D eigenvalue weighted by atomic mass is 9.89. The molecular formula is C50H54N9O16PS. The number of amides is 8. The number of nitrogens with one attached hydrogen (secondary N) is 5. The minimum absolute atomic E-state index is 0.0698. The lowest BCUT2D eigenvalue weighted by Crippen LogP contribution is -2.60. The van der Waals surface area contributed by atoms with Crippen LogP contribution in [-0.4, -0.2) is 128 Å². The van der Waals surface area contributed by atoms with Gasteiger partial charge in [0.05, 0.1) is 29.9 Å². The van der Waals surface area contributed by atoms with Crippen molar-refractivity contribution in [2.45, 2.75) is 63.7 Å². The Morgan fingerprint density at radius 1 is 0.844 bits per heavy atom. The van der Waals surface area contributed by atoms with Gasteiger partial charge in [-0.25, -0.2) is 4.57 Å². The van der Waals surface area contributed by atoms with Gasteiger partial charge in [-0.05, 0) is 90.6 Å². The van der Waals surface area contributed by atoms with E-state index >= 15 is 0 Å². The zero-order valence-corrected chi connectivity index (χ0v) is 42.9. The molecule has 1 saturated heterocycles. The van der Waals surface area contributed by atoms with Crippen LogP contribution in [0.25, 0.3) is 33.4 Å². The summed E-state index contributed by atoms with van der Waals surface area (Å²) in [5, 5.41) is 34.7. The van der Waals surface area contributed by atoms with Crippen molar-refractivity contribution in [2.75, 3.05) is 26.2 Å². The molecule has 3 aromatic rings. The molecule has 0 aromatic heterocycles. The molecule has 0 radical (unpaired) electrons. The Balaban J connectivity index is 1.22. The van der Waals surface area contributed by atoms with Gasteiger partial charge in [0.15, 0.2) is 5.43 Å². The molecule has 0 bridgehead atoms. The van der Waals surface area contributed by atoms with Gasteiger partial charge >= 0.3 is 7.82 Å². The lowest BCUT2D eigenvalue weighted by molar-refractivity contribution is -0.135. The van der Waals surface area contributed by atoms with Gasteiger partial charge in [0.25, 0.3) is 5.91 Å². The molecule has 6 rings (SSSR count). The van der Waals surface area contributed by atoms with E-state index in [1.54, 1.807) is 38.1 Å². The standard InChI is InChI=1S/C50H54N9O16PS/c1-25(2)15-37(48(68)58-39(23-60)45(52)65)55-43(64)20-53-47(67)36(13-14-42(51)63)56-49(69)38(16-26-3-8-31(9-4-26)75-76(71,72)73)57-46(66)27-21-59(22-27)50(70)35-17-28(54-24-77)5-10-32(35)44-33-11-6-29(61)18-40(33)74-41-19-30(62)7-12-34(41)44/h3-12,17-19,25,27,36-39,60-61H,13-16,20-23H2,1-2H3,(H2,51,63)(H2,52,65)(H,53,67)(H,55,64)(H,56,69)(H,57,66)(H,58,68)(H2,71,72,73)/t36-,37-,38-,39-/m0/s1. The van der Waals surface area contributed by atoms with E-state index < -0.39 is 105 Å². The van der Waals surface area contributed by atoms with E-state index in [4.69, 9.17) is 28.1 Å². The Bertz CT molecular complexity index is 3230. The molecule has 27 heteroatoms. The smallest absolute Gasteiger partial charge is 0.508 e. The van der Waals surface area contributed by atoms with Crippen LogP contribution in [0.15, 0.2) is 93.1 Å². The average Bonchev–Trinajstić information content (AvgIpc) is 3.38. The molecular weight excluding hydrogens is 1050 g/mol. The number of phenols is 1. The number of phosphoric acid groups is 1. The summed E-state index contributed by atoms with van der Waals surface area (Å²) in [6.45, 7) is 1.61. The van der Waals surface area contributed by atoms with Gasteiger partial charge in [0.1, 0.15) is 47.0 Å². The molecule has 406 valence electrons. The Morgan fingerprint density at radius 2 is 1.52 bits per heavy atom. The third-order valence-electron chi connectivity index (χ3n) is 12.1. The van der Waals surface area contributed by atoms with Crippen LogP contribution in [0.3, 0.4) is 0 Å². The van der Waals surface area contributed by atoms with Crippen molar-refractivity contribution in [3.05, 3.63) is 100 Å². The van der Waals surface area contributed by atoms with Gasteiger partial charge < -0.3 is 62.1 Å². The Morgan fingerprint density at radius 3 is 2.16 bits per heavy atom. The predicted molar refractivity (Wildman–Crippen MR) is 278 cm³/mol. The Hall–Kier alpha value is -8.38. The molecule has 4 atom stereocenters. The van der Waals surface area contributed by atoms with Crippen LogP contribution in [0.4, 0.5) is 5.69 Å². The maximum Gasteiger partial charge on any atom is 0.524 e. The summed E-state index contributed by atoms with van der Waals surface area (Å²) in [7, 11) is -4.95. The molecule has 25 nitrogen and oxygen atoms in total. The first kappa shape index (κ1) is 57.9. The minimum Gasteiger partial charge on any atom is -0.508 e. The van der Waals surface area contributed by atoms with Crippen molar-refractivity contribution in [3.63, 3.8) is 0 Å². The molecule has 77 heavy (non-hydrogen) atoms. The first-order valence-electron chi connectivity index (χ1n) is 23.6. The van der Waals surface area contributed by atoms with Crippen molar-refractivity contribution in [3.8, 4) is 33.9 Å². The molecule has 2 heterocycles. The fourth-order valence-electron chi connectivity index (χ4n) is 8.28. The minimum atomic E-state index is -4.95. The lowest BCUT2D eigenvalue weighted by Gasteiger charge is -2.39. The second kappa shape index (κ2) is 25.4. The predicted octanol–water partition coefficient (Wildman–Crippen LogP) is 0.636. The molecule has 0 saturated carbocycles. The summed E-state index contributed by atoms with van der Waals surface area (Å²) in [5.41, 5.74) is 12.5. The van der Waals surface area contributed by atoms with Crippen LogP contribution in [0.1, 0.15) is 49.0 Å². The number of carbonyl (C=O) groups is 8. The third-order valence-corrected chi connectivity index (χ3v) is 12.6. The van der Waals surface area contributed by atoms with E-state index in [9.17, 15) is 67.7 Å². The fraction of sp³-hybridized carbons (Fsp3) is 0.320. The van der Waals surface area contributed by atoms with E-state index in [1.165, 1.54) is 59.5 Å². The highest BCUT2D eigenvalue weighted by molar-refractivity contribution is 7.78. The summed E-state index contributed by atoms with van der Waals surface area (Å²) < 4.78 is 22.1. The number of nitrogens with two attached hydrogens (primary N) is 2. The number of benzene rings is 4. The van der Waals surface area contributed by atoms with Gasteiger partial charge in [0.2, 0.25) is 41.4 Å². The van der Waals surface area contributed by atoms with Crippen LogP contribution in [-0.2, 0) is 44.5 Å². The van der Waals surface area contributed by atoms with Crippen LogP contribution in [0.5, 0.6) is 11.5 Å². The van der Waals surface area contributed by atoms with E-state index in [2.05, 4.69) is 41.3 Å².